The van der Waals surface area contributed by atoms with Crippen molar-refractivity contribution in [1.82, 2.24) is 0 Å². The molecule has 0 saturated heterocycles. The van der Waals surface area contributed by atoms with E-state index in [1.54, 1.807) is 0 Å². The Labute approximate surface area is 119 Å². The molecule has 0 aliphatic heterocycles. The zero-order chi connectivity index (χ0) is 13.9. The highest BCUT2D eigenvalue weighted by atomic mass is 28.4. The summed E-state index contributed by atoms with van der Waals surface area (Å²) in [4.78, 5) is 0. The van der Waals surface area contributed by atoms with Gasteiger partial charge in [-0.05, 0) is 62.4 Å². The van der Waals surface area contributed by atoms with Gasteiger partial charge in [-0.3, -0.25) is 0 Å². The molecule has 2 bridgehead atoms. The molecule has 3 heteroatoms. The maximum absolute atomic E-state index is 6.17. The zero-order valence-electron chi connectivity index (χ0n) is 13.0. The molecule has 1 fully saturated rings. The second-order valence-electron chi connectivity index (χ2n) is 6.41. The molecule has 0 aromatic carbocycles. The predicted molar refractivity (Wildman–Crippen MR) is 82.4 cm³/mol. The molecule has 19 heavy (non-hydrogen) atoms. The van der Waals surface area contributed by atoms with E-state index in [0.717, 1.165) is 31.0 Å². The minimum atomic E-state index is -1.99. The smallest absolute Gasteiger partial charge is 0.340 e. The van der Waals surface area contributed by atoms with Crippen LogP contribution in [0.3, 0.4) is 0 Å². The van der Waals surface area contributed by atoms with Crippen LogP contribution in [-0.4, -0.2) is 21.8 Å². The summed E-state index contributed by atoms with van der Waals surface area (Å²) in [5.41, 5.74) is 0.543. The van der Waals surface area contributed by atoms with Gasteiger partial charge in [-0.25, -0.2) is 0 Å². The molecule has 2 nitrogen and oxygen atoms in total. The van der Waals surface area contributed by atoms with Crippen LogP contribution in [0.25, 0.3) is 0 Å². The van der Waals surface area contributed by atoms with E-state index in [2.05, 4.69) is 39.8 Å². The highest BCUT2D eigenvalue weighted by molar-refractivity contribution is 6.68. The van der Waals surface area contributed by atoms with Crippen LogP contribution in [0.2, 0.25) is 11.6 Å². The van der Waals surface area contributed by atoms with Crippen molar-refractivity contribution >= 4 is 8.56 Å². The van der Waals surface area contributed by atoms with E-state index in [1.165, 1.54) is 25.3 Å². The normalized spacial score (nSPS) is 29.6. The molecular formula is C16H30O2Si. The lowest BCUT2D eigenvalue weighted by Crippen LogP contribution is -2.45. The number of hydrogen-bond donors (Lipinski definition) is 0. The standard InChI is InChI=1S/C16H30O2Si/c1-5-17-19(13(3)4,18-6-2)10-9-16-12-14-7-8-15(16)11-14/h7-8,13-16H,5-6,9-12H2,1-4H3. The largest absolute Gasteiger partial charge is 0.394 e. The van der Waals surface area contributed by atoms with E-state index in [-0.39, 0.29) is 0 Å². The van der Waals surface area contributed by atoms with Gasteiger partial charge in [-0.1, -0.05) is 26.0 Å². The summed E-state index contributed by atoms with van der Waals surface area (Å²) in [7, 11) is -1.99. The average molecular weight is 282 g/mol. The fourth-order valence-corrected chi connectivity index (χ4v) is 7.28. The summed E-state index contributed by atoms with van der Waals surface area (Å²) < 4.78 is 12.3. The Bertz CT molecular complexity index is 308. The number of hydrogen-bond acceptors (Lipinski definition) is 2. The molecule has 0 aromatic rings. The highest BCUT2D eigenvalue weighted by Gasteiger charge is 2.43. The van der Waals surface area contributed by atoms with Crippen molar-refractivity contribution in [2.75, 3.05) is 13.2 Å². The third-order valence-corrected chi connectivity index (χ3v) is 9.24. The van der Waals surface area contributed by atoms with Crippen molar-refractivity contribution in [2.45, 2.75) is 58.5 Å². The predicted octanol–water partition coefficient (Wildman–Crippen LogP) is 4.51. The van der Waals surface area contributed by atoms with Crippen LogP contribution in [0.5, 0.6) is 0 Å². The lowest BCUT2D eigenvalue weighted by Gasteiger charge is -2.35. The summed E-state index contributed by atoms with van der Waals surface area (Å²) in [5.74, 6) is 2.62. The molecule has 110 valence electrons. The Hall–Kier alpha value is -0.123. The zero-order valence-corrected chi connectivity index (χ0v) is 14.0. The first-order valence-corrected chi connectivity index (χ1v) is 10.2. The average Bonchev–Trinajstić information content (AvgIpc) is 2.98. The van der Waals surface area contributed by atoms with Crippen LogP contribution >= 0.6 is 0 Å². The van der Waals surface area contributed by atoms with Crippen LogP contribution < -0.4 is 0 Å². The summed E-state index contributed by atoms with van der Waals surface area (Å²) >= 11 is 0. The Balaban J connectivity index is 1.93. The molecule has 3 atom stereocenters. The van der Waals surface area contributed by atoms with Gasteiger partial charge in [0, 0.05) is 13.2 Å². The van der Waals surface area contributed by atoms with Crippen LogP contribution in [0.4, 0.5) is 0 Å². The Morgan fingerprint density at radius 1 is 1.11 bits per heavy atom. The summed E-state index contributed by atoms with van der Waals surface area (Å²) in [6.45, 7) is 10.3. The van der Waals surface area contributed by atoms with Crippen LogP contribution in [0.1, 0.15) is 47.0 Å². The molecular weight excluding hydrogens is 252 g/mol. The van der Waals surface area contributed by atoms with Crippen LogP contribution in [0.15, 0.2) is 12.2 Å². The molecule has 0 amide bonds. The monoisotopic (exact) mass is 282 g/mol. The van der Waals surface area contributed by atoms with Crippen molar-refractivity contribution in [3.05, 3.63) is 12.2 Å². The van der Waals surface area contributed by atoms with Crippen molar-refractivity contribution in [3.63, 3.8) is 0 Å². The fraction of sp³-hybridized carbons (Fsp3) is 0.875. The van der Waals surface area contributed by atoms with Gasteiger partial charge in [0.15, 0.2) is 0 Å². The van der Waals surface area contributed by atoms with Gasteiger partial charge in [-0.15, -0.1) is 0 Å². The molecule has 0 radical (unpaired) electrons. The molecule has 0 spiro atoms. The topological polar surface area (TPSA) is 18.5 Å². The van der Waals surface area contributed by atoms with E-state index < -0.39 is 8.56 Å². The number of allylic oxidation sites excluding steroid dienone is 2. The molecule has 0 N–H and O–H groups in total. The van der Waals surface area contributed by atoms with Gasteiger partial charge in [0.1, 0.15) is 0 Å². The van der Waals surface area contributed by atoms with Crippen molar-refractivity contribution in [3.8, 4) is 0 Å². The van der Waals surface area contributed by atoms with Gasteiger partial charge < -0.3 is 8.85 Å². The second kappa shape index (κ2) is 6.55. The Kier molecular flexibility index (Phi) is 5.27. The lowest BCUT2D eigenvalue weighted by molar-refractivity contribution is 0.171. The molecule has 2 aliphatic rings. The van der Waals surface area contributed by atoms with Crippen LogP contribution in [0, 0.1) is 17.8 Å². The van der Waals surface area contributed by atoms with Crippen LogP contribution in [-0.2, 0) is 8.85 Å². The molecule has 3 unspecified atom stereocenters. The van der Waals surface area contributed by atoms with E-state index >= 15 is 0 Å². The van der Waals surface area contributed by atoms with Gasteiger partial charge in [0.05, 0.1) is 0 Å². The van der Waals surface area contributed by atoms with Crippen molar-refractivity contribution in [1.29, 1.82) is 0 Å². The fourth-order valence-electron chi connectivity index (χ4n) is 3.91. The Morgan fingerprint density at radius 2 is 1.79 bits per heavy atom. The maximum atomic E-state index is 6.17. The van der Waals surface area contributed by atoms with Crippen molar-refractivity contribution < 1.29 is 8.85 Å². The molecule has 2 aliphatic carbocycles. The summed E-state index contributed by atoms with van der Waals surface area (Å²) in [5, 5.41) is 0. The summed E-state index contributed by atoms with van der Waals surface area (Å²) in [6.07, 6.45) is 9.00. The quantitative estimate of drug-likeness (QED) is 0.481. The molecule has 0 heterocycles. The van der Waals surface area contributed by atoms with Gasteiger partial charge in [0.2, 0.25) is 0 Å². The molecule has 0 aromatic heterocycles. The first-order valence-electron chi connectivity index (χ1n) is 8.07. The first kappa shape index (κ1) is 15.3. The Morgan fingerprint density at radius 3 is 2.21 bits per heavy atom. The van der Waals surface area contributed by atoms with Gasteiger partial charge in [0.25, 0.3) is 0 Å². The maximum Gasteiger partial charge on any atom is 0.340 e. The SMILES string of the molecule is CCO[Si](CCC1CC2C=CC1C2)(OCC)C(C)C. The summed E-state index contributed by atoms with van der Waals surface area (Å²) in [6, 6.07) is 1.17. The third kappa shape index (κ3) is 3.31. The second-order valence-corrected chi connectivity index (χ2v) is 10.3. The van der Waals surface area contributed by atoms with E-state index in [0.29, 0.717) is 5.54 Å². The molecule has 2 rings (SSSR count). The minimum Gasteiger partial charge on any atom is -0.394 e. The van der Waals surface area contributed by atoms with E-state index in [1.807, 2.05) is 0 Å². The van der Waals surface area contributed by atoms with Crippen molar-refractivity contribution in [2.24, 2.45) is 17.8 Å². The number of rotatable bonds is 8. The first-order chi connectivity index (χ1) is 9.11. The minimum absolute atomic E-state index is 0.543. The highest BCUT2D eigenvalue weighted by Crippen LogP contribution is 2.46. The molecule has 1 saturated carbocycles. The third-order valence-electron chi connectivity index (χ3n) is 4.94. The van der Waals surface area contributed by atoms with E-state index in [4.69, 9.17) is 8.85 Å². The van der Waals surface area contributed by atoms with Gasteiger partial charge in [-0.2, -0.15) is 0 Å². The van der Waals surface area contributed by atoms with Gasteiger partial charge >= 0.3 is 8.56 Å². The number of fused-ring (bicyclic) bond motifs is 2. The lowest BCUT2D eigenvalue weighted by atomic mass is 9.91. The van der Waals surface area contributed by atoms with E-state index in [9.17, 15) is 0 Å².